The number of rotatable bonds is 2. The van der Waals surface area contributed by atoms with Crippen molar-refractivity contribution in [3.63, 3.8) is 0 Å². The molecule has 2 aromatic carbocycles. The van der Waals surface area contributed by atoms with Crippen molar-refractivity contribution in [3.8, 4) is 5.75 Å². The minimum Gasteiger partial charge on any atom is -0.507 e. The first kappa shape index (κ1) is 12.7. The molecule has 0 unspecified atom stereocenters. The van der Waals surface area contributed by atoms with E-state index < -0.39 is 0 Å². The molecule has 5 heteroatoms. The molecule has 3 rings (SSSR count). The van der Waals surface area contributed by atoms with Gasteiger partial charge in [0, 0.05) is 16.5 Å². The lowest BCUT2D eigenvalue weighted by Gasteiger charge is -2.08. The van der Waals surface area contributed by atoms with Gasteiger partial charge in [-0.05, 0) is 40.1 Å². The van der Waals surface area contributed by atoms with E-state index in [2.05, 4.69) is 32.6 Å². The smallest absolute Gasteiger partial charge is 0.123 e. The minimum atomic E-state index is 0.303. The van der Waals surface area contributed by atoms with E-state index in [0.717, 1.165) is 24.3 Å². The highest BCUT2D eigenvalue weighted by atomic mass is 127. The van der Waals surface area contributed by atoms with Crippen LogP contribution in [0.3, 0.4) is 0 Å². The van der Waals surface area contributed by atoms with Crippen LogP contribution in [0.1, 0.15) is 0 Å². The first-order valence-electron chi connectivity index (χ1n) is 5.60. The SMILES string of the molecule is Oc1ccc(Sc2ncncc2I)c2ccccc12. The summed E-state index contributed by atoms with van der Waals surface area (Å²) in [5.74, 6) is 0.303. The Morgan fingerprint density at radius 1 is 1.05 bits per heavy atom. The maximum Gasteiger partial charge on any atom is 0.123 e. The van der Waals surface area contributed by atoms with E-state index in [1.165, 1.54) is 0 Å². The number of phenols is 1. The van der Waals surface area contributed by atoms with E-state index in [9.17, 15) is 5.11 Å². The van der Waals surface area contributed by atoms with Crippen molar-refractivity contribution in [2.24, 2.45) is 0 Å². The van der Waals surface area contributed by atoms with Crippen LogP contribution < -0.4 is 0 Å². The molecule has 1 N–H and O–H groups in total. The van der Waals surface area contributed by atoms with Gasteiger partial charge in [-0.3, -0.25) is 0 Å². The molecule has 0 spiro atoms. The summed E-state index contributed by atoms with van der Waals surface area (Å²) in [6.07, 6.45) is 3.34. The summed E-state index contributed by atoms with van der Waals surface area (Å²) in [6, 6.07) is 11.5. The summed E-state index contributed by atoms with van der Waals surface area (Å²) >= 11 is 3.81. The molecular formula is C14H9IN2OS. The molecule has 0 aliphatic heterocycles. The zero-order valence-electron chi connectivity index (χ0n) is 9.75. The van der Waals surface area contributed by atoms with Crippen LogP contribution in [0.4, 0.5) is 0 Å². The second-order valence-corrected chi connectivity index (χ2v) is 6.10. The average molecular weight is 380 g/mol. The second-order valence-electron chi connectivity index (χ2n) is 3.91. The highest BCUT2D eigenvalue weighted by Gasteiger charge is 2.09. The molecule has 0 atom stereocenters. The number of aromatic nitrogens is 2. The lowest BCUT2D eigenvalue weighted by atomic mass is 10.1. The molecule has 3 aromatic rings. The highest BCUT2D eigenvalue weighted by Crippen LogP contribution is 2.37. The van der Waals surface area contributed by atoms with Crippen molar-refractivity contribution in [2.75, 3.05) is 0 Å². The summed E-state index contributed by atoms with van der Waals surface area (Å²) in [7, 11) is 0. The summed E-state index contributed by atoms with van der Waals surface area (Å²) in [6.45, 7) is 0. The predicted molar refractivity (Wildman–Crippen MR) is 84.5 cm³/mol. The second kappa shape index (κ2) is 5.34. The topological polar surface area (TPSA) is 46.0 Å². The Labute approximate surface area is 128 Å². The number of nitrogens with zero attached hydrogens (tertiary/aromatic N) is 2. The van der Waals surface area contributed by atoms with Crippen LogP contribution in [0.2, 0.25) is 0 Å². The van der Waals surface area contributed by atoms with Crippen LogP contribution >= 0.6 is 34.4 Å². The van der Waals surface area contributed by atoms with Crippen LogP contribution in [-0.4, -0.2) is 15.1 Å². The van der Waals surface area contributed by atoms with Crippen molar-refractivity contribution < 1.29 is 5.11 Å². The molecule has 0 amide bonds. The molecule has 19 heavy (non-hydrogen) atoms. The van der Waals surface area contributed by atoms with E-state index in [1.807, 2.05) is 30.3 Å². The van der Waals surface area contributed by atoms with Gasteiger partial charge in [-0.2, -0.15) is 0 Å². The van der Waals surface area contributed by atoms with Gasteiger partial charge in [0.2, 0.25) is 0 Å². The fourth-order valence-electron chi connectivity index (χ4n) is 1.83. The van der Waals surface area contributed by atoms with Crippen molar-refractivity contribution in [2.45, 2.75) is 9.92 Å². The zero-order valence-corrected chi connectivity index (χ0v) is 12.7. The van der Waals surface area contributed by atoms with E-state index in [-0.39, 0.29) is 0 Å². The maximum absolute atomic E-state index is 9.88. The van der Waals surface area contributed by atoms with E-state index in [1.54, 1.807) is 30.4 Å². The third-order valence-electron chi connectivity index (χ3n) is 2.70. The highest BCUT2D eigenvalue weighted by molar-refractivity contribution is 14.1. The largest absolute Gasteiger partial charge is 0.507 e. The van der Waals surface area contributed by atoms with Crippen molar-refractivity contribution in [1.29, 1.82) is 0 Å². The summed E-state index contributed by atoms with van der Waals surface area (Å²) in [4.78, 5) is 9.35. The molecule has 94 valence electrons. The van der Waals surface area contributed by atoms with Crippen LogP contribution in [0.5, 0.6) is 5.75 Å². The van der Waals surface area contributed by atoms with E-state index in [4.69, 9.17) is 0 Å². The maximum atomic E-state index is 9.88. The number of halogens is 1. The Kier molecular flexibility index (Phi) is 3.56. The van der Waals surface area contributed by atoms with Crippen LogP contribution in [0.25, 0.3) is 10.8 Å². The number of phenolic OH excluding ortho intramolecular Hbond substituents is 1. The van der Waals surface area contributed by atoms with Gasteiger partial charge in [-0.25, -0.2) is 9.97 Å². The summed E-state index contributed by atoms with van der Waals surface area (Å²) in [5, 5.41) is 12.7. The Balaban J connectivity index is 2.12. The number of fused-ring (bicyclic) bond motifs is 1. The standard InChI is InChI=1S/C14H9IN2OS/c15-11-7-16-8-17-14(11)19-13-6-5-12(18)9-3-1-2-4-10(9)13/h1-8,18H. The van der Waals surface area contributed by atoms with Crippen LogP contribution in [0.15, 0.2) is 58.8 Å². The van der Waals surface area contributed by atoms with Crippen LogP contribution in [-0.2, 0) is 0 Å². The Hall–Kier alpha value is -1.34. The average Bonchev–Trinajstić information content (AvgIpc) is 2.44. The summed E-state index contributed by atoms with van der Waals surface area (Å²) < 4.78 is 1.02. The van der Waals surface area contributed by atoms with Gasteiger partial charge < -0.3 is 5.11 Å². The fourth-order valence-corrected chi connectivity index (χ4v) is 3.34. The molecule has 0 fully saturated rings. The van der Waals surface area contributed by atoms with Gasteiger partial charge in [-0.1, -0.05) is 36.0 Å². The monoisotopic (exact) mass is 380 g/mol. The third kappa shape index (κ3) is 2.52. The molecule has 0 bridgehead atoms. The molecule has 0 aliphatic rings. The lowest BCUT2D eigenvalue weighted by molar-refractivity contribution is 0.481. The number of benzene rings is 2. The number of hydrogen-bond donors (Lipinski definition) is 1. The molecule has 0 radical (unpaired) electrons. The van der Waals surface area contributed by atoms with Gasteiger partial charge >= 0.3 is 0 Å². The van der Waals surface area contributed by atoms with Crippen molar-refractivity contribution in [3.05, 3.63) is 52.5 Å². The first-order chi connectivity index (χ1) is 9.25. The number of aromatic hydroxyl groups is 1. The quantitative estimate of drug-likeness (QED) is 0.537. The van der Waals surface area contributed by atoms with Gasteiger partial charge in [0.25, 0.3) is 0 Å². The molecule has 1 aromatic heterocycles. The minimum absolute atomic E-state index is 0.303. The predicted octanol–water partition coefficient (Wildman–Crippen LogP) is 4.09. The molecule has 0 saturated carbocycles. The van der Waals surface area contributed by atoms with Gasteiger partial charge in [-0.15, -0.1) is 0 Å². The third-order valence-corrected chi connectivity index (χ3v) is 4.95. The van der Waals surface area contributed by atoms with E-state index in [0.29, 0.717) is 5.75 Å². The summed E-state index contributed by atoms with van der Waals surface area (Å²) in [5.41, 5.74) is 0. The lowest BCUT2D eigenvalue weighted by Crippen LogP contribution is -1.87. The van der Waals surface area contributed by atoms with Crippen molar-refractivity contribution in [1.82, 2.24) is 9.97 Å². The van der Waals surface area contributed by atoms with Gasteiger partial charge in [0.05, 0.1) is 3.57 Å². The molecule has 3 nitrogen and oxygen atoms in total. The zero-order chi connectivity index (χ0) is 13.2. The van der Waals surface area contributed by atoms with E-state index >= 15 is 0 Å². The Morgan fingerprint density at radius 2 is 1.84 bits per heavy atom. The number of hydrogen-bond acceptors (Lipinski definition) is 4. The normalized spacial score (nSPS) is 10.8. The van der Waals surface area contributed by atoms with Crippen LogP contribution in [0, 0.1) is 3.57 Å². The molecule has 0 saturated heterocycles. The Bertz CT molecular complexity index is 748. The van der Waals surface area contributed by atoms with Gasteiger partial charge in [0.15, 0.2) is 0 Å². The molecule has 0 aliphatic carbocycles. The molecular weight excluding hydrogens is 371 g/mol. The first-order valence-corrected chi connectivity index (χ1v) is 7.49. The Morgan fingerprint density at radius 3 is 2.63 bits per heavy atom. The van der Waals surface area contributed by atoms with Crippen molar-refractivity contribution >= 4 is 45.1 Å². The van der Waals surface area contributed by atoms with Gasteiger partial charge in [0.1, 0.15) is 17.1 Å². The fraction of sp³-hybridized carbons (Fsp3) is 0. The molecule has 1 heterocycles.